The zero-order chi connectivity index (χ0) is 13.1. The van der Waals surface area contributed by atoms with Crippen molar-refractivity contribution in [3.63, 3.8) is 0 Å². The Balaban J connectivity index is 2.41. The van der Waals surface area contributed by atoms with Crippen LogP contribution < -0.4 is 10.5 Å². The lowest BCUT2D eigenvalue weighted by Gasteiger charge is -2.26. The number of rotatable bonds is 2. The van der Waals surface area contributed by atoms with Gasteiger partial charge in [0.25, 0.3) is 0 Å². The maximum Gasteiger partial charge on any atom is 0.122 e. The second kappa shape index (κ2) is 5.75. The van der Waals surface area contributed by atoms with Gasteiger partial charge in [-0.05, 0) is 43.9 Å². The minimum absolute atomic E-state index is 0.280. The molecule has 2 rings (SSSR count). The van der Waals surface area contributed by atoms with Crippen LogP contribution in [0.1, 0.15) is 54.7 Å². The molecule has 1 aliphatic carbocycles. The molecule has 1 fully saturated rings. The first-order chi connectivity index (χ1) is 8.63. The average molecular weight is 247 g/mol. The second-order valence-electron chi connectivity index (χ2n) is 5.61. The van der Waals surface area contributed by atoms with Crippen LogP contribution in [0.15, 0.2) is 12.1 Å². The molecule has 0 heterocycles. The summed E-state index contributed by atoms with van der Waals surface area (Å²) in [7, 11) is 1.76. The van der Waals surface area contributed by atoms with Crippen molar-refractivity contribution in [1.82, 2.24) is 0 Å². The predicted octanol–water partition coefficient (Wildman–Crippen LogP) is 3.69. The molecule has 1 aromatic carbocycles. The van der Waals surface area contributed by atoms with E-state index in [1.54, 1.807) is 7.11 Å². The number of ether oxygens (including phenoxy) is 1. The van der Waals surface area contributed by atoms with E-state index in [0.29, 0.717) is 5.92 Å². The van der Waals surface area contributed by atoms with Gasteiger partial charge in [-0.2, -0.15) is 0 Å². The Bertz CT molecular complexity index is 414. The van der Waals surface area contributed by atoms with Gasteiger partial charge < -0.3 is 10.5 Å². The molecule has 2 N–H and O–H groups in total. The van der Waals surface area contributed by atoms with Gasteiger partial charge in [0.15, 0.2) is 0 Å². The quantitative estimate of drug-likeness (QED) is 0.809. The van der Waals surface area contributed by atoms with Crippen LogP contribution in [-0.2, 0) is 0 Å². The summed E-state index contributed by atoms with van der Waals surface area (Å²) in [6, 6.07) is 4.66. The van der Waals surface area contributed by atoms with E-state index in [4.69, 9.17) is 10.5 Å². The lowest BCUT2D eigenvalue weighted by molar-refractivity contribution is 0.395. The molecule has 0 bridgehead atoms. The summed E-state index contributed by atoms with van der Waals surface area (Å²) < 4.78 is 5.59. The Kier molecular flexibility index (Phi) is 4.28. The van der Waals surface area contributed by atoms with Gasteiger partial charge >= 0.3 is 0 Å². The highest BCUT2D eigenvalue weighted by Gasteiger charge is 2.26. The minimum Gasteiger partial charge on any atom is -0.496 e. The summed E-state index contributed by atoms with van der Waals surface area (Å²) in [6.07, 6.45) is 6.21. The summed E-state index contributed by atoms with van der Waals surface area (Å²) in [4.78, 5) is 0. The van der Waals surface area contributed by atoms with Crippen molar-refractivity contribution >= 4 is 0 Å². The third-order valence-corrected chi connectivity index (χ3v) is 4.15. The van der Waals surface area contributed by atoms with Gasteiger partial charge in [-0.15, -0.1) is 0 Å². The molecule has 0 radical (unpaired) electrons. The first kappa shape index (κ1) is 13.4. The number of benzene rings is 1. The van der Waals surface area contributed by atoms with Crippen molar-refractivity contribution in [2.75, 3.05) is 7.11 Å². The highest BCUT2D eigenvalue weighted by atomic mass is 16.5. The Morgan fingerprint density at radius 1 is 1.11 bits per heavy atom. The second-order valence-corrected chi connectivity index (χ2v) is 5.61. The van der Waals surface area contributed by atoms with Crippen molar-refractivity contribution in [2.24, 2.45) is 5.73 Å². The molecular weight excluding hydrogens is 222 g/mol. The summed E-state index contributed by atoms with van der Waals surface area (Å²) in [5.74, 6) is 1.48. The summed E-state index contributed by atoms with van der Waals surface area (Å²) in [5.41, 5.74) is 10.3. The smallest absolute Gasteiger partial charge is 0.122 e. The zero-order valence-corrected chi connectivity index (χ0v) is 11.8. The van der Waals surface area contributed by atoms with Gasteiger partial charge in [-0.3, -0.25) is 0 Å². The van der Waals surface area contributed by atoms with Crippen LogP contribution in [0.2, 0.25) is 0 Å². The topological polar surface area (TPSA) is 35.2 Å². The molecule has 0 aromatic heterocycles. The summed E-state index contributed by atoms with van der Waals surface area (Å²) in [6.45, 7) is 4.30. The maximum atomic E-state index is 6.39. The molecule has 2 atom stereocenters. The molecule has 0 spiro atoms. The molecule has 1 aromatic rings. The largest absolute Gasteiger partial charge is 0.496 e. The predicted molar refractivity (Wildman–Crippen MR) is 76.3 cm³/mol. The summed E-state index contributed by atoms with van der Waals surface area (Å²) in [5, 5.41) is 0. The third-order valence-electron chi connectivity index (χ3n) is 4.15. The maximum absolute atomic E-state index is 6.39. The van der Waals surface area contributed by atoms with Crippen LogP contribution >= 0.6 is 0 Å². The van der Waals surface area contributed by atoms with Crippen molar-refractivity contribution in [2.45, 2.75) is 57.9 Å². The first-order valence-corrected chi connectivity index (χ1v) is 7.04. The van der Waals surface area contributed by atoms with Gasteiger partial charge in [0.2, 0.25) is 0 Å². The van der Waals surface area contributed by atoms with Crippen molar-refractivity contribution in [3.8, 4) is 5.75 Å². The number of aryl methyl sites for hydroxylation is 2. The average Bonchev–Trinajstić information content (AvgIpc) is 2.53. The number of methoxy groups -OCH3 is 1. The fourth-order valence-electron chi connectivity index (χ4n) is 3.28. The first-order valence-electron chi connectivity index (χ1n) is 7.04. The number of nitrogens with two attached hydrogens (primary N) is 1. The number of hydrogen-bond acceptors (Lipinski definition) is 2. The Morgan fingerprint density at radius 3 is 2.56 bits per heavy atom. The lowest BCUT2D eigenvalue weighted by Crippen LogP contribution is -2.28. The number of hydrogen-bond donors (Lipinski definition) is 1. The van der Waals surface area contributed by atoms with E-state index in [9.17, 15) is 0 Å². The van der Waals surface area contributed by atoms with Crippen LogP contribution in [0.3, 0.4) is 0 Å². The highest BCUT2D eigenvalue weighted by molar-refractivity contribution is 5.46. The van der Waals surface area contributed by atoms with Gasteiger partial charge in [0, 0.05) is 17.5 Å². The van der Waals surface area contributed by atoms with Crippen molar-refractivity contribution in [3.05, 3.63) is 28.8 Å². The van der Waals surface area contributed by atoms with Crippen LogP contribution in [0.4, 0.5) is 0 Å². The Labute approximate surface area is 111 Å². The van der Waals surface area contributed by atoms with Crippen LogP contribution in [0.5, 0.6) is 5.75 Å². The zero-order valence-electron chi connectivity index (χ0n) is 11.8. The van der Waals surface area contributed by atoms with E-state index in [-0.39, 0.29) is 6.04 Å². The van der Waals surface area contributed by atoms with Gasteiger partial charge in [-0.25, -0.2) is 0 Å². The Hall–Kier alpha value is -1.02. The summed E-state index contributed by atoms with van der Waals surface area (Å²) >= 11 is 0. The molecule has 0 saturated heterocycles. The van der Waals surface area contributed by atoms with E-state index >= 15 is 0 Å². The molecule has 18 heavy (non-hydrogen) atoms. The van der Waals surface area contributed by atoms with Gasteiger partial charge in [0.1, 0.15) is 5.75 Å². The Morgan fingerprint density at radius 2 is 1.83 bits per heavy atom. The van der Waals surface area contributed by atoms with Crippen LogP contribution in [0.25, 0.3) is 0 Å². The molecule has 2 unspecified atom stereocenters. The van der Waals surface area contributed by atoms with Gasteiger partial charge in [-0.1, -0.05) is 25.3 Å². The van der Waals surface area contributed by atoms with E-state index < -0.39 is 0 Å². The fourth-order valence-corrected chi connectivity index (χ4v) is 3.28. The van der Waals surface area contributed by atoms with Crippen LogP contribution in [0, 0.1) is 13.8 Å². The standard InChI is InChI=1S/C16H25NO/c1-11-9-12(2)16(15(10-11)18-3)13-7-5-4-6-8-14(13)17/h9-10,13-14H,4-8,17H2,1-3H3. The third kappa shape index (κ3) is 2.69. The van der Waals surface area contributed by atoms with E-state index in [0.717, 1.165) is 12.2 Å². The normalized spacial score (nSPS) is 24.7. The monoisotopic (exact) mass is 247 g/mol. The molecule has 2 heteroatoms. The molecular formula is C16H25NO. The van der Waals surface area contributed by atoms with E-state index in [1.807, 2.05) is 0 Å². The molecule has 0 aliphatic heterocycles. The SMILES string of the molecule is COc1cc(C)cc(C)c1C1CCCCCC1N. The van der Waals surface area contributed by atoms with E-state index in [1.165, 1.54) is 42.4 Å². The molecule has 1 aliphatic rings. The minimum atomic E-state index is 0.280. The fraction of sp³-hybridized carbons (Fsp3) is 0.625. The van der Waals surface area contributed by atoms with Crippen molar-refractivity contribution in [1.29, 1.82) is 0 Å². The van der Waals surface area contributed by atoms with Gasteiger partial charge in [0.05, 0.1) is 7.11 Å². The molecule has 2 nitrogen and oxygen atoms in total. The molecule has 1 saturated carbocycles. The van der Waals surface area contributed by atoms with Crippen LogP contribution in [-0.4, -0.2) is 13.2 Å². The molecule has 100 valence electrons. The van der Waals surface area contributed by atoms with E-state index in [2.05, 4.69) is 26.0 Å². The highest BCUT2D eigenvalue weighted by Crippen LogP contribution is 2.38. The lowest BCUT2D eigenvalue weighted by atomic mass is 9.84. The molecule has 0 amide bonds. The van der Waals surface area contributed by atoms with Crippen molar-refractivity contribution < 1.29 is 4.74 Å².